The van der Waals surface area contributed by atoms with Gasteiger partial charge in [-0.05, 0) is 5.56 Å². The standard InChI is InChI=1S/C13H13N3.ClH.Zn/c14-16-13-8-6-12(7-9-13)15-10-11-4-2-1-3-5-11;;/h1-9,12,15H,10H2;1H;. The fourth-order valence-corrected chi connectivity index (χ4v) is 1.56. The first-order valence-electron chi connectivity index (χ1n) is 5.24. The first-order valence-corrected chi connectivity index (χ1v) is 5.24. The SMILES string of the molecule is Cl.[N-]=[N+]=C1C=CC(NCc2ccccc2)C=C1.[Zn]. The van der Waals surface area contributed by atoms with Gasteiger partial charge in [-0.1, -0.05) is 42.5 Å². The van der Waals surface area contributed by atoms with Crippen molar-refractivity contribution in [2.24, 2.45) is 0 Å². The summed E-state index contributed by atoms with van der Waals surface area (Å²) in [6.07, 6.45) is 7.53. The maximum atomic E-state index is 8.55. The van der Waals surface area contributed by atoms with Crippen LogP contribution >= 0.6 is 12.4 Å². The van der Waals surface area contributed by atoms with E-state index in [9.17, 15) is 0 Å². The second-order valence-corrected chi connectivity index (χ2v) is 3.64. The Kier molecular flexibility index (Phi) is 8.44. The van der Waals surface area contributed by atoms with Gasteiger partial charge in [-0.2, -0.15) is 4.79 Å². The van der Waals surface area contributed by atoms with Crippen LogP contribution in [0, 0.1) is 0 Å². The Morgan fingerprint density at radius 2 is 1.72 bits per heavy atom. The number of hydrogen-bond acceptors (Lipinski definition) is 1. The minimum Gasteiger partial charge on any atom is -0.361 e. The fourth-order valence-electron chi connectivity index (χ4n) is 1.56. The molecule has 1 aromatic carbocycles. The average molecular weight is 313 g/mol. The zero-order valence-corrected chi connectivity index (χ0v) is 13.8. The van der Waals surface area contributed by atoms with Gasteiger partial charge in [-0.3, -0.25) is 0 Å². The maximum absolute atomic E-state index is 8.55. The van der Waals surface area contributed by atoms with Crippen LogP contribution in [0.1, 0.15) is 5.56 Å². The Morgan fingerprint density at radius 1 is 1.11 bits per heavy atom. The van der Waals surface area contributed by atoms with Crippen LogP contribution < -0.4 is 5.32 Å². The smallest absolute Gasteiger partial charge is 0.314 e. The second-order valence-electron chi connectivity index (χ2n) is 3.64. The predicted molar refractivity (Wildman–Crippen MR) is 71.2 cm³/mol. The molecule has 1 aromatic rings. The van der Waals surface area contributed by atoms with Gasteiger partial charge in [-0.25, -0.2) is 0 Å². The number of halogens is 1. The number of nitrogens with zero attached hydrogens (tertiary/aromatic N) is 2. The van der Waals surface area contributed by atoms with Crippen LogP contribution in [-0.2, 0) is 26.0 Å². The summed E-state index contributed by atoms with van der Waals surface area (Å²) < 4.78 is 0. The Hall–Kier alpha value is -1.05. The zero-order valence-electron chi connectivity index (χ0n) is 9.99. The molecule has 0 aromatic heterocycles. The molecule has 1 aliphatic carbocycles. The van der Waals surface area contributed by atoms with Crippen LogP contribution in [0.4, 0.5) is 0 Å². The van der Waals surface area contributed by atoms with E-state index in [1.54, 1.807) is 12.2 Å². The summed E-state index contributed by atoms with van der Waals surface area (Å²) in [6.45, 7) is 0.825. The molecule has 1 N–H and O–H groups in total. The number of benzene rings is 1. The summed E-state index contributed by atoms with van der Waals surface area (Å²) in [5.41, 5.74) is 10.4. The molecule has 0 amide bonds. The van der Waals surface area contributed by atoms with Crippen molar-refractivity contribution in [3.05, 3.63) is 65.7 Å². The Balaban J connectivity index is 0.00000144. The minimum absolute atomic E-state index is 0. The molecular formula is C13H14ClN3Zn. The van der Waals surface area contributed by atoms with Crippen molar-refractivity contribution in [3.8, 4) is 0 Å². The monoisotopic (exact) mass is 311 g/mol. The third-order valence-electron chi connectivity index (χ3n) is 2.45. The maximum Gasteiger partial charge on any atom is 0.314 e. The predicted octanol–water partition coefficient (Wildman–Crippen LogP) is 2.36. The van der Waals surface area contributed by atoms with Crippen molar-refractivity contribution in [1.82, 2.24) is 5.32 Å². The molecule has 0 spiro atoms. The van der Waals surface area contributed by atoms with E-state index in [1.807, 2.05) is 30.4 Å². The Labute approximate surface area is 126 Å². The molecule has 0 bridgehead atoms. The normalized spacial score (nSPS) is 16.4. The molecule has 5 heteroatoms. The first kappa shape index (κ1) is 17.0. The summed E-state index contributed by atoms with van der Waals surface area (Å²) in [5, 5.41) is 3.37. The van der Waals surface area contributed by atoms with E-state index in [1.165, 1.54) is 5.56 Å². The summed E-state index contributed by atoms with van der Waals surface area (Å²) in [5.74, 6) is 0. The van der Waals surface area contributed by atoms with Crippen LogP contribution in [0.15, 0.2) is 54.6 Å². The summed E-state index contributed by atoms with van der Waals surface area (Å²) >= 11 is 0. The van der Waals surface area contributed by atoms with Crippen molar-refractivity contribution in [1.29, 1.82) is 0 Å². The van der Waals surface area contributed by atoms with E-state index in [0.717, 1.165) is 6.54 Å². The van der Waals surface area contributed by atoms with Crippen molar-refractivity contribution in [2.45, 2.75) is 12.6 Å². The van der Waals surface area contributed by atoms with Crippen LogP contribution in [0.2, 0.25) is 0 Å². The van der Waals surface area contributed by atoms with E-state index in [0.29, 0.717) is 5.71 Å². The van der Waals surface area contributed by atoms with Gasteiger partial charge < -0.3 is 10.8 Å². The summed E-state index contributed by atoms with van der Waals surface area (Å²) in [4.78, 5) is 3.12. The second kappa shape index (κ2) is 8.96. The minimum atomic E-state index is 0. The molecule has 0 saturated carbocycles. The van der Waals surface area contributed by atoms with Crippen LogP contribution in [-0.4, -0.2) is 16.5 Å². The van der Waals surface area contributed by atoms with Crippen LogP contribution in [0.25, 0.3) is 5.53 Å². The van der Waals surface area contributed by atoms with Gasteiger partial charge in [-0.15, -0.1) is 12.4 Å². The fraction of sp³-hybridized carbons (Fsp3) is 0.154. The van der Waals surface area contributed by atoms with Crippen molar-refractivity contribution >= 4 is 18.1 Å². The van der Waals surface area contributed by atoms with Crippen molar-refractivity contribution in [3.63, 3.8) is 0 Å². The third kappa shape index (κ3) is 5.07. The number of hydrogen-bond donors (Lipinski definition) is 1. The van der Waals surface area contributed by atoms with Crippen LogP contribution in [0.5, 0.6) is 0 Å². The molecule has 0 radical (unpaired) electrons. The Bertz CT molecular complexity index is 448. The number of rotatable bonds is 3. The first-order chi connectivity index (χ1) is 7.88. The average Bonchev–Trinajstić information content (AvgIpc) is 2.38. The zero-order chi connectivity index (χ0) is 11.2. The molecule has 1 aliphatic rings. The number of allylic oxidation sites excluding steroid dienone is 2. The molecule has 0 fully saturated rings. The quantitative estimate of drug-likeness (QED) is 0.520. The molecule has 0 saturated heterocycles. The third-order valence-corrected chi connectivity index (χ3v) is 2.45. The molecule has 0 atom stereocenters. The van der Waals surface area contributed by atoms with E-state index in [4.69, 9.17) is 5.53 Å². The summed E-state index contributed by atoms with van der Waals surface area (Å²) in [6, 6.07) is 10.4. The molecule has 18 heavy (non-hydrogen) atoms. The van der Waals surface area contributed by atoms with E-state index in [2.05, 4.69) is 22.2 Å². The molecule has 0 aliphatic heterocycles. The van der Waals surface area contributed by atoms with Gasteiger partial charge in [0.25, 0.3) is 0 Å². The van der Waals surface area contributed by atoms with Crippen molar-refractivity contribution in [2.75, 3.05) is 0 Å². The molecule has 0 unspecified atom stereocenters. The van der Waals surface area contributed by atoms with Gasteiger partial charge in [0.05, 0.1) is 0 Å². The molecule has 90 valence electrons. The summed E-state index contributed by atoms with van der Waals surface area (Å²) in [7, 11) is 0. The van der Waals surface area contributed by atoms with Gasteiger partial charge in [0.2, 0.25) is 0 Å². The number of nitrogens with one attached hydrogen (secondary N) is 1. The van der Waals surface area contributed by atoms with Crippen LogP contribution in [0.3, 0.4) is 0 Å². The van der Waals surface area contributed by atoms with E-state index >= 15 is 0 Å². The van der Waals surface area contributed by atoms with E-state index in [-0.39, 0.29) is 37.9 Å². The van der Waals surface area contributed by atoms with E-state index < -0.39 is 0 Å². The topological polar surface area (TPSA) is 48.4 Å². The van der Waals surface area contributed by atoms with Gasteiger partial charge >= 0.3 is 5.71 Å². The molecule has 0 heterocycles. The van der Waals surface area contributed by atoms with Crippen molar-refractivity contribution < 1.29 is 24.3 Å². The largest absolute Gasteiger partial charge is 0.361 e. The van der Waals surface area contributed by atoms with Gasteiger partial charge in [0.1, 0.15) is 0 Å². The Morgan fingerprint density at radius 3 is 2.28 bits per heavy atom. The molecular weight excluding hydrogens is 299 g/mol. The molecule has 2 rings (SSSR count). The van der Waals surface area contributed by atoms with Gasteiger partial charge in [0, 0.05) is 44.2 Å². The molecule has 3 nitrogen and oxygen atoms in total. The van der Waals surface area contributed by atoms with Gasteiger partial charge in [0.15, 0.2) is 0 Å².